The second-order valence-corrected chi connectivity index (χ2v) is 6.47. The Kier molecular flexibility index (Phi) is 3.47. The highest BCUT2D eigenvalue weighted by Gasteiger charge is 2.39. The minimum Gasteiger partial charge on any atom is -0.354 e. The molecule has 3 rings (SSSR count). The van der Waals surface area contributed by atoms with Gasteiger partial charge in [0, 0.05) is 25.0 Å². The number of hydrogen-bond donors (Lipinski definition) is 1. The molecular weight excluding hydrogens is 220 g/mol. The molecule has 2 bridgehead atoms. The van der Waals surface area contributed by atoms with Crippen LogP contribution < -0.4 is 5.73 Å². The van der Waals surface area contributed by atoms with Crippen LogP contribution in [0, 0.1) is 17.8 Å². The van der Waals surface area contributed by atoms with Crippen LogP contribution in [0.25, 0.3) is 0 Å². The van der Waals surface area contributed by atoms with Crippen molar-refractivity contribution < 1.29 is 0 Å². The van der Waals surface area contributed by atoms with E-state index in [0.717, 1.165) is 24.2 Å². The van der Waals surface area contributed by atoms with Crippen LogP contribution in [0.1, 0.15) is 57.1 Å². The molecule has 0 saturated heterocycles. The fraction of sp³-hybridized carbons (Fsp3) is 0.750. The van der Waals surface area contributed by atoms with Gasteiger partial charge in [0.2, 0.25) is 0 Å². The third kappa shape index (κ3) is 2.35. The first-order valence-corrected chi connectivity index (χ1v) is 7.67. The Morgan fingerprint density at radius 1 is 1.39 bits per heavy atom. The molecule has 0 radical (unpaired) electrons. The number of nitrogens with zero attached hydrogens (tertiary/aromatic N) is 1. The maximum absolute atomic E-state index is 6.17. The standard InChI is InChI=1S/C16H26N2/c1-2-3-16(17)14-6-7-18(10-14)11-15-9-12-4-5-13(15)8-12/h6-7,10,12-13,15-16H,2-5,8-9,11,17H2,1H3. The van der Waals surface area contributed by atoms with Crippen LogP contribution in [0.15, 0.2) is 18.5 Å². The zero-order chi connectivity index (χ0) is 12.5. The van der Waals surface area contributed by atoms with Crippen molar-refractivity contribution in [2.24, 2.45) is 23.5 Å². The van der Waals surface area contributed by atoms with Crippen LogP contribution in [0.2, 0.25) is 0 Å². The van der Waals surface area contributed by atoms with Gasteiger partial charge in [-0.25, -0.2) is 0 Å². The molecular formula is C16H26N2. The largest absolute Gasteiger partial charge is 0.354 e. The number of nitrogens with two attached hydrogens (primary N) is 1. The third-order valence-electron chi connectivity index (χ3n) is 5.13. The van der Waals surface area contributed by atoms with Crippen molar-refractivity contribution in [3.8, 4) is 0 Å². The van der Waals surface area contributed by atoms with Gasteiger partial charge in [-0.1, -0.05) is 19.8 Å². The van der Waals surface area contributed by atoms with Gasteiger partial charge in [-0.2, -0.15) is 0 Å². The Labute approximate surface area is 111 Å². The van der Waals surface area contributed by atoms with E-state index in [9.17, 15) is 0 Å². The van der Waals surface area contributed by atoms with Gasteiger partial charge in [-0.05, 0) is 55.1 Å². The number of aromatic nitrogens is 1. The summed E-state index contributed by atoms with van der Waals surface area (Å²) >= 11 is 0. The van der Waals surface area contributed by atoms with Crippen molar-refractivity contribution >= 4 is 0 Å². The van der Waals surface area contributed by atoms with E-state index in [0.29, 0.717) is 0 Å². The predicted octanol–water partition coefficient (Wildman–Crippen LogP) is 3.72. The fourth-order valence-electron chi connectivity index (χ4n) is 4.14. The molecule has 2 fully saturated rings. The lowest BCUT2D eigenvalue weighted by atomic mass is 9.89. The molecule has 0 aliphatic heterocycles. The summed E-state index contributed by atoms with van der Waals surface area (Å²) in [4.78, 5) is 0. The molecule has 1 aromatic rings. The molecule has 1 heterocycles. The lowest BCUT2D eigenvalue weighted by Crippen LogP contribution is -2.16. The van der Waals surface area contributed by atoms with Gasteiger partial charge in [-0.15, -0.1) is 0 Å². The molecule has 2 heteroatoms. The quantitative estimate of drug-likeness (QED) is 0.843. The zero-order valence-corrected chi connectivity index (χ0v) is 11.5. The van der Waals surface area contributed by atoms with Crippen LogP contribution in [0.4, 0.5) is 0 Å². The fourth-order valence-corrected chi connectivity index (χ4v) is 4.14. The van der Waals surface area contributed by atoms with Crippen LogP contribution in [0.5, 0.6) is 0 Å². The molecule has 2 N–H and O–H groups in total. The van der Waals surface area contributed by atoms with Crippen LogP contribution >= 0.6 is 0 Å². The molecule has 0 aromatic carbocycles. The molecule has 2 aliphatic carbocycles. The van der Waals surface area contributed by atoms with E-state index in [2.05, 4.69) is 30.0 Å². The van der Waals surface area contributed by atoms with Gasteiger partial charge in [0.1, 0.15) is 0 Å². The highest BCUT2D eigenvalue weighted by Crippen LogP contribution is 2.48. The molecule has 2 aliphatic rings. The zero-order valence-electron chi connectivity index (χ0n) is 11.5. The summed E-state index contributed by atoms with van der Waals surface area (Å²) < 4.78 is 2.39. The Balaban J connectivity index is 1.60. The smallest absolute Gasteiger partial charge is 0.0309 e. The van der Waals surface area contributed by atoms with Crippen molar-refractivity contribution in [3.63, 3.8) is 0 Å². The molecule has 4 atom stereocenters. The number of fused-ring (bicyclic) bond motifs is 2. The molecule has 0 spiro atoms. The Bertz CT molecular complexity index is 396. The van der Waals surface area contributed by atoms with Gasteiger partial charge in [0.05, 0.1) is 0 Å². The van der Waals surface area contributed by atoms with Crippen LogP contribution in [-0.4, -0.2) is 4.57 Å². The van der Waals surface area contributed by atoms with Gasteiger partial charge in [0.25, 0.3) is 0 Å². The van der Waals surface area contributed by atoms with E-state index in [-0.39, 0.29) is 6.04 Å². The second-order valence-electron chi connectivity index (χ2n) is 6.47. The first kappa shape index (κ1) is 12.3. The van der Waals surface area contributed by atoms with Crippen LogP contribution in [-0.2, 0) is 6.54 Å². The van der Waals surface area contributed by atoms with Gasteiger partial charge in [0.15, 0.2) is 0 Å². The first-order valence-electron chi connectivity index (χ1n) is 7.67. The Morgan fingerprint density at radius 3 is 2.94 bits per heavy atom. The lowest BCUT2D eigenvalue weighted by Gasteiger charge is -2.22. The molecule has 18 heavy (non-hydrogen) atoms. The average Bonchev–Trinajstić information content (AvgIpc) is 3.04. The van der Waals surface area contributed by atoms with Crippen molar-refractivity contribution in [2.75, 3.05) is 0 Å². The Hall–Kier alpha value is -0.760. The SMILES string of the molecule is CCCC(N)c1ccn(CC2CC3CCC2C3)c1. The molecule has 1 aromatic heterocycles. The molecule has 2 saturated carbocycles. The summed E-state index contributed by atoms with van der Waals surface area (Å²) in [5.74, 6) is 3.01. The molecule has 0 amide bonds. The van der Waals surface area contributed by atoms with Crippen molar-refractivity contribution in [3.05, 3.63) is 24.0 Å². The topological polar surface area (TPSA) is 30.9 Å². The van der Waals surface area contributed by atoms with Crippen molar-refractivity contribution in [1.82, 2.24) is 4.57 Å². The van der Waals surface area contributed by atoms with E-state index in [1.54, 1.807) is 0 Å². The maximum atomic E-state index is 6.17. The van der Waals surface area contributed by atoms with Gasteiger partial charge < -0.3 is 10.3 Å². The minimum absolute atomic E-state index is 0.233. The summed E-state index contributed by atoms with van der Waals surface area (Å²) in [5, 5.41) is 0. The van der Waals surface area contributed by atoms with E-state index in [4.69, 9.17) is 5.73 Å². The molecule has 4 unspecified atom stereocenters. The summed E-state index contributed by atoms with van der Waals surface area (Å²) in [6, 6.07) is 2.45. The normalized spacial score (nSPS) is 32.0. The maximum Gasteiger partial charge on any atom is 0.0309 e. The first-order chi connectivity index (χ1) is 8.76. The van der Waals surface area contributed by atoms with Gasteiger partial charge in [-0.3, -0.25) is 0 Å². The molecule has 2 nitrogen and oxygen atoms in total. The van der Waals surface area contributed by atoms with Crippen molar-refractivity contribution in [2.45, 2.75) is 58.0 Å². The van der Waals surface area contributed by atoms with Crippen LogP contribution in [0.3, 0.4) is 0 Å². The van der Waals surface area contributed by atoms with Crippen molar-refractivity contribution in [1.29, 1.82) is 0 Å². The minimum atomic E-state index is 0.233. The third-order valence-corrected chi connectivity index (χ3v) is 5.13. The summed E-state index contributed by atoms with van der Waals surface area (Å²) in [6.07, 6.45) is 12.7. The number of rotatable bonds is 5. The van der Waals surface area contributed by atoms with Gasteiger partial charge >= 0.3 is 0 Å². The van der Waals surface area contributed by atoms with E-state index in [1.165, 1.54) is 44.2 Å². The van der Waals surface area contributed by atoms with E-state index >= 15 is 0 Å². The lowest BCUT2D eigenvalue weighted by molar-refractivity contribution is 0.296. The monoisotopic (exact) mass is 246 g/mol. The van der Waals surface area contributed by atoms with E-state index < -0.39 is 0 Å². The predicted molar refractivity (Wildman–Crippen MR) is 75.2 cm³/mol. The highest BCUT2D eigenvalue weighted by atomic mass is 14.9. The second kappa shape index (κ2) is 5.08. The average molecular weight is 246 g/mol. The summed E-state index contributed by atoms with van der Waals surface area (Å²) in [6.45, 7) is 3.42. The highest BCUT2D eigenvalue weighted by molar-refractivity contribution is 5.15. The summed E-state index contributed by atoms with van der Waals surface area (Å²) in [7, 11) is 0. The summed E-state index contributed by atoms with van der Waals surface area (Å²) in [5.41, 5.74) is 7.49. The molecule has 100 valence electrons. The number of hydrogen-bond acceptors (Lipinski definition) is 1. The Morgan fingerprint density at radius 2 is 2.28 bits per heavy atom. The van der Waals surface area contributed by atoms with E-state index in [1.807, 2.05) is 0 Å².